The third-order valence-electron chi connectivity index (χ3n) is 3.65. The topological polar surface area (TPSA) is 70.3 Å². The van der Waals surface area contributed by atoms with E-state index in [1.807, 2.05) is 12.1 Å². The van der Waals surface area contributed by atoms with Gasteiger partial charge in [-0.2, -0.15) is 0 Å². The molecule has 2 heterocycles. The van der Waals surface area contributed by atoms with Crippen molar-refractivity contribution in [2.45, 2.75) is 19.8 Å². The summed E-state index contributed by atoms with van der Waals surface area (Å²) in [6.45, 7) is 2.74. The number of aliphatic imine (C=N–C) groups is 1. The van der Waals surface area contributed by atoms with Crippen LogP contribution in [0.5, 0.6) is 11.5 Å². The quantitative estimate of drug-likeness (QED) is 0.261. The third kappa shape index (κ3) is 4.09. The number of halogens is 1. The molecule has 26 heavy (non-hydrogen) atoms. The molecule has 0 spiro atoms. The van der Waals surface area contributed by atoms with Gasteiger partial charge in [0, 0.05) is 0 Å². The highest BCUT2D eigenvalue weighted by atomic mass is 127. The molecule has 0 atom stereocenters. The lowest BCUT2D eigenvalue weighted by molar-refractivity contribution is -0.130. The summed E-state index contributed by atoms with van der Waals surface area (Å²) in [5, 5.41) is 0. The minimum absolute atomic E-state index is 0.160. The molecule has 7 heteroatoms. The predicted octanol–water partition coefficient (Wildman–Crippen LogP) is 4.42. The average Bonchev–Trinajstić information content (AvgIpc) is 3.27. The van der Waals surface area contributed by atoms with Crippen LogP contribution >= 0.6 is 22.6 Å². The number of hydrogen-bond acceptors (Lipinski definition) is 6. The number of furan rings is 1. The molecule has 1 aromatic carbocycles. The number of carbonyl (C=O) groups excluding carboxylic acids is 1. The van der Waals surface area contributed by atoms with Crippen molar-refractivity contribution in [2.24, 2.45) is 4.99 Å². The van der Waals surface area contributed by atoms with Crippen molar-refractivity contribution in [3.05, 3.63) is 51.1 Å². The smallest absolute Gasteiger partial charge is 0.363 e. The fraction of sp³-hybridized carbons (Fsp3) is 0.263. The molecule has 0 fully saturated rings. The molecule has 0 N–H and O–H groups in total. The number of nitrogens with zero attached hydrogens (tertiary/aromatic N) is 1. The second kappa shape index (κ2) is 8.39. The van der Waals surface area contributed by atoms with E-state index >= 15 is 0 Å². The van der Waals surface area contributed by atoms with Crippen molar-refractivity contribution in [1.82, 2.24) is 0 Å². The van der Waals surface area contributed by atoms with Crippen LogP contribution in [0, 0.1) is 3.57 Å². The second-order valence-electron chi connectivity index (χ2n) is 5.55. The third-order valence-corrected chi connectivity index (χ3v) is 4.45. The SMILES string of the molecule is CCCCOc1c(I)cc(C=C2N=C(c3ccco3)OC2=O)cc1OC. The van der Waals surface area contributed by atoms with E-state index < -0.39 is 5.97 Å². The summed E-state index contributed by atoms with van der Waals surface area (Å²) in [6, 6.07) is 7.11. The van der Waals surface area contributed by atoms with Gasteiger partial charge in [-0.15, -0.1) is 0 Å². The Kier molecular flexibility index (Phi) is 5.97. The highest BCUT2D eigenvalue weighted by Gasteiger charge is 2.26. The number of rotatable bonds is 7. The molecule has 0 unspecified atom stereocenters. The van der Waals surface area contributed by atoms with E-state index in [9.17, 15) is 4.79 Å². The molecule has 0 bridgehead atoms. The highest BCUT2D eigenvalue weighted by Crippen LogP contribution is 2.35. The van der Waals surface area contributed by atoms with E-state index in [2.05, 4.69) is 34.5 Å². The van der Waals surface area contributed by atoms with Gasteiger partial charge in [-0.3, -0.25) is 0 Å². The van der Waals surface area contributed by atoms with Crippen LogP contribution in [0.3, 0.4) is 0 Å². The molecular formula is C19H18INO5. The monoisotopic (exact) mass is 467 g/mol. The van der Waals surface area contributed by atoms with Gasteiger partial charge in [0.1, 0.15) is 0 Å². The average molecular weight is 467 g/mol. The number of unbranched alkanes of at least 4 members (excludes halogenated alkanes) is 1. The van der Waals surface area contributed by atoms with Crippen molar-refractivity contribution in [3.63, 3.8) is 0 Å². The van der Waals surface area contributed by atoms with Gasteiger partial charge in [-0.05, 0) is 64.9 Å². The Balaban J connectivity index is 1.88. The minimum atomic E-state index is -0.520. The number of methoxy groups -OCH3 is 1. The Bertz CT molecular complexity index is 855. The standard InChI is InChI=1S/C19H18INO5/c1-3-4-7-25-17-13(20)9-12(11-16(17)23-2)10-14-19(22)26-18(21-14)15-6-5-8-24-15/h5-6,8-11H,3-4,7H2,1-2H3. The molecule has 1 aliphatic heterocycles. The summed E-state index contributed by atoms with van der Waals surface area (Å²) >= 11 is 2.19. The zero-order chi connectivity index (χ0) is 18.5. The van der Waals surface area contributed by atoms with Crippen molar-refractivity contribution < 1.29 is 23.4 Å². The summed E-state index contributed by atoms with van der Waals surface area (Å²) in [6.07, 6.45) is 5.18. The lowest BCUT2D eigenvalue weighted by Crippen LogP contribution is -2.04. The van der Waals surface area contributed by atoms with Crippen LogP contribution in [0.15, 0.2) is 45.6 Å². The Morgan fingerprint density at radius 2 is 2.19 bits per heavy atom. The molecule has 0 saturated carbocycles. The van der Waals surface area contributed by atoms with E-state index in [1.165, 1.54) is 6.26 Å². The fourth-order valence-electron chi connectivity index (χ4n) is 2.35. The molecule has 0 radical (unpaired) electrons. The zero-order valence-electron chi connectivity index (χ0n) is 14.5. The van der Waals surface area contributed by atoms with Gasteiger partial charge >= 0.3 is 5.97 Å². The Hall–Kier alpha value is -2.29. The van der Waals surface area contributed by atoms with Gasteiger partial charge in [0.05, 0.1) is 23.6 Å². The van der Waals surface area contributed by atoms with E-state index in [-0.39, 0.29) is 11.6 Å². The summed E-state index contributed by atoms with van der Waals surface area (Å²) in [5.74, 6) is 1.37. The van der Waals surface area contributed by atoms with E-state index in [4.69, 9.17) is 18.6 Å². The zero-order valence-corrected chi connectivity index (χ0v) is 16.6. The number of carbonyl (C=O) groups is 1. The first-order valence-electron chi connectivity index (χ1n) is 8.19. The molecule has 1 aliphatic rings. The highest BCUT2D eigenvalue weighted by molar-refractivity contribution is 14.1. The maximum atomic E-state index is 12.1. The van der Waals surface area contributed by atoms with Crippen LogP contribution in [-0.4, -0.2) is 25.6 Å². The minimum Gasteiger partial charge on any atom is -0.493 e. The Morgan fingerprint density at radius 3 is 2.88 bits per heavy atom. The van der Waals surface area contributed by atoms with Crippen molar-refractivity contribution in [2.75, 3.05) is 13.7 Å². The first-order chi connectivity index (χ1) is 12.6. The first-order valence-corrected chi connectivity index (χ1v) is 9.27. The number of cyclic esters (lactones) is 1. The summed E-state index contributed by atoms with van der Waals surface area (Å²) in [5.41, 5.74) is 0.972. The van der Waals surface area contributed by atoms with Gasteiger partial charge in [-0.1, -0.05) is 13.3 Å². The van der Waals surface area contributed by atoms with E-state index in [1.54, 1.807) is 25.3 Å². The normalized spacial score (nSPS) is 15.1. The Morgan fingerprint density at radius 1 is 1.35 bits per heavy atom. The molecule has 2 aromatic rings. The van der Waals surface area contributed by atoms with Crippen molar-refractivity contribution in [1.29, 1.82) is 0 Å². The van der Waals surface area contributed by atoms with Gasteiger partial charge in [0.25, 0.3) is 5.90 Å². The van der Waals surface area contributed by atoms with Gasteiger partial charge < -0.3 is 18.6 Å². The molecule has 0 aliphatic carbocycles. The summed E-state index contributed by atoms with van der Waals surface area (Å²) in [4.78, 5) is 16.3. The maximum Gasteiger partial charge on any atom is 0.363 e. The molecule has 1 aromatic heterocycles. The summed E-state index contributed by atoms with van der Waals surface area (Å²) < 4.78 is 22.5. The van der Waals surface area contributed by atoms with Crippen LogP contribution in [-0.2, 0) is 9.53 Å². The van der Waals surface area contributed by atoms with Crippen LogP contribution in [0.2, 0.25) is 0 Å². The van der Waals surface area contributed by atoms with Crippen molar-refractivity contribution in [3.8, 4) is 11.5 Å². The van der Waals surface area contributed by atoms with Crippen molar-refractivity contribution >= 4 is 40.5 Å². The first kappa shape index (κ1) is 18.5. The summed E-state index contributed by atoms with van der Waals surface area (Å²) in [7, 11) is 1.59. The molecular weight excluding hydrogens is 449 g/mol. The van der Waals surface area contributed by atoms with E-state index in [0.717, 1.165) is 22.0 Å². The van der Waals surface area contributed by atoms with Crippen LogP contribution < -0.4 is 9.47 Å². The molecule has 3 rings (SSSR count). The molecule has 0 saturated heterocycles. The lowest BCUT2D eigenvalue weighted by atomic mass is 10.1. The maximum absolute atomic E-state index is 12.1. The second-order valence-corrected chi connectivity index (χ2v) is 6.71. The largest absolute Gasteiger partial charge is 0.493 e. The van der Waals surface area contributed by atoms with Crippen LogP contribution in [0.4, 0.5) is 0 Å². The molecule has 6 nitrogen and oxygen atoms in total. The number of benzene rings is 1. The van der Waals surface area contributed by atoms with Gasteiger partial charge in [0.15, 0.2) is 23.0 Å². The molecule has 136 valence electrons. The number of ether oxygens (including phenoxy) is 3. The van der Waals surface area contributed by atoms with Gasteiger partial charge in [-0.25, -0.2) is 9.79 Å². The lowest BCUT2D eigenvalue weighted by Gasteiger charge is -2.13. The fourth-order valence-corrected chi connectivity index (χ4v) is 3.14. The number of hydrogen-bond donors (Lipinski definition) is 0. The van der Waals surface area contributed by atoms with E-state index in [0.29, 0.717) is 23.9 Å². The van der Waals surface area contributed by atoms with Crippen LogP contribution in [0.25, 0.3) is 6.08 Å². The molecule has 0 amide bonds. The van der Waals surface area contributed by atoms with Crippen LogP contribution in [0.1, 0.15) is 31.1 Å². The predicted molar refractivity (Wildman–Crippen MR) is 105 cm³/mol. The van der Waals surface area contributed by atoms with Gasteiger partial charge in [0.2, 0.25) is 0 Å². The Labute approximate surface area is 165 Å². The number of esters is 1.